The van der Waals surface area contributed by atoms with Crippen LogP contribution in [0.3, 0.4) is 0 Å². The minimum absolute atomic E-state index is 0.207. The van der Waals surface area contributed by atoms with E-state index in [4.69, 9.17) is 32.2 Å². The molecule has 134 valence electrons. The maximum Gasteiger partial charge on any atom is 0.500 e. The second-order valence-corrected chi connectivity index (χ2v) is 9.52. The first-order chi connectivity index (χ1) is 11.2. The van der Waals surface area contributed by atoms with Gasteiger partial charge in [0.2, 0.25) is 12.1 Å². The molecule has 0 aromatic carbocycles. The van der Waals surface area contributed by atoms with Crippen molar-refractivity contribution in [1.82, 2.24) is 0 Å². The number of fused-ring (bicyclic) bond motifs is 1. The molecule has 3 heterocycles. The van der Waals surface area contributed by atoms with Crippen LogP contribution in [0.15, 0.2) is 0 Å². The molecule has 3 fully saturated rings. The highest BCUT2D eigenvalue weighted by molar-refractivity contribution is 6.60. The van der Waals surface area contributed by atoms with Crippen molar-refractivity contribution in [2.24, 2.45) is 5.92 Å². The quantitative estimate of drug-likeness (QED) is 0.438. The first-order valence-electron chi connectivity index (χ1n) is 8.36. The molecule has 8 heteroatoms. The zero-order chi connectivity index (χ0) is 16.3. The van der Waals surface area contributed by atoms with E-state index in [9.17, 15) is 0 Å². The number of hydrogen-bond donors (Lipinski definition) is 0. The van der Waals surface area contributed by atoms with Gasteiger partial charge in [-0.05, 0) is 25.2 Å². The third kappa shape index (κ3) is 4.32. The minimum Gasteiger partial charge on any atom is -0.377 e. The van der Waals surface area contributed by atoms with Crippen molar-refractivity contribution in [1.29, 1.82) is 0 Å². The molecular formula is C15H28O7Si. The van der Waals surface area contributed by atoms with Gasteiger partial charge in [-0.1, -0.05) is 0 Å². The first kappa shape index (κ1) is 17.8. The average Bonchev–Trinajstić information content (AvgIpc) is 3.44. The van der Waals surface area contributed by atoms with Crippen molar-refractivity contribution in [2.45, 2.75) is 49.9 Å². The Balaban J connectivity index is 1.57. The maximum absolute atomic E-state index is 5.94. The summed E-state index contributed by atoms with van der Waals surface area (Å²) in [7, 11) is 2.41. The zero-order valence-corrected chi connectivity index (χ0v) is 15.2. The van der Waals surface area contributed by atoms with Crippen molar-refractivity contribution < 1.29 is 32.2 Å². The van der Waals surface area contributed by atoms with Crippen molar-refractivity contribution in [3.05, 3.63) is 0 Å². The lowest BCUT2D eigenvalue weighted by atomic mass is 9.93. The molecule has 0 amide bonds. The topological polar surface area (TPSA) is 71.2 Å². The summed E-state index contributed by atoms with van der Waals surface area (Å²) >= 11 is 0. The summed E-state index contributed by atoms with van der Waals surface area (Å²) in [6.45, 7) is 2.25. The lowest BCUT2D eigenvalue weighted by molar-refractivity contribution is -0.0599. The molecule has 0 bridgehead atoms. The van der Waals surface area contributed by atoms with Gasteiger partial charge >= 0.3 is 8.80 Å². The van der Waals surface area contributed by atoms with Gasteiger partial charge in [-0.2, -0.15) is 0 Å². The summed E-state index contributed by atoms with van der Waals surface area (Å²) in [6.07, 6.45) is 3.83. The normalized spacial score (nSPS) is 34.6. The molecule has 3 saturated heterocycles. The van der Waals surface area contributed by atoms with Gasteiger partial charge in [0.25, 0.3) is 0 Å². The molecule has 0 aromatic heterocycles. The fraction of sp³-hybridized carbons (Fsp3) is 1.00. The SMILES string of the molecule is CO[Si](CCC(CC1CO1)CC12OCCCOC1O2)(OC)OC. The van der Waals surface area contributed by atoms with E-state index < -0.39 is 14.6 Å². The van der Waals surface area contributed by atoms with Gasteiger partial charge in [0.05, 0.1) is 25.9 Å². The fourth-order valence-corrected chi connectivity index (χ4v) is 5.20. The molecular weight excluding hydrogens is 320 g/mol. The van der Waals surface area contributed by atoms with Crippen LogP contribution in [-0.2, 0) is 32.2 Å². The van der Waals surface area contributed by atoms with Crippen molar-refractivity contribution in [3.8, 4) is 0 Å². The maximum atomic E-state index is 5.94. The van der Waals surface area contributed by atoms with Crippen LogP contribution in [0.5, 0.6) is 0 Å². The second kappa shape index (κ2) is 7.45. The Kier molecular flexibility index (Phi) is 5.75. The fourth-order valence-electron chi connectivity index (χ4n) is 3.33. The van der Waals surface area contributed by atoms with E-state index >= 15 is 0 Å². The van der Waals surface area contributed by atoms with Crippen LogP contribution in [0, 0.1) is 5.92 Å². The summed E-state index contributed by atoms with van der Waals surface area (Å²) in [5.74, 6) is -0.144. The largest absolute Gasteiger partial charge is 0.500 e. The highest BCUT2D eigenvalue weighted by Crippen LogP contribution is 2.47. The van der Waals surface area contributed by atoms with Gasteiger partial charge in [0, 0.05) is 33.8 Å². The van der Waals surface area contributed by atoms with E-state index in [1.54, 1.807) is 21.3 Å². The predicted molar refractivity (Wildman–Crippen MR) is 82.8 cm³/mol. The van der Waals surface area contributed by atoms with Crippen LogP contribution in [-0.4, -0.2) is 68.1 Å². The van der Waals surface area contributed by atoms with E-state index in [0.29, 0.717) is 25.2 Å². The minimum atomic E-state index is -2.55. The van der Waals surface area contributed by atoms with E-state index in [-0.39, 0.29) is 6.29 Å². The van der Waals surface area contributed by atoms with Gasteiger partial charge in [-0.3, -0.25) is 0 Å². The lowest BCUT2D eigenvalue weighted by Gasteiger charge is -2.27. The molecule has 3 rings (SSSR count). The molecule has 0 N–H and O–H groups in total. The lowest BCUT2D eigenvalue weighted by Crippen LogP contribution is -2.43. The van der Waals surface area contributed by atoms with E-state index in [2.05, 4.69) is 0 Å². The van der Waals surface area contributed by atoms with Crippen LogP contribution >= 0.6 is 0 Å². The molecule has 0 saturated carbocycles. The van der Waals surface area contributed by atoms with E-state index in [1.165, 1.54) is 0 Å². The number of epoxide rings is 2. The van der Waals surface area contributed by atoms with Gasteiger partial charge in [-0.25, -0.2) is 0 Å². The van der Waals surface area contributed by atoms with Crippen LogP contribution in [0.4, 0.5) is 0 Å². The van der Waals surface area contributed by atoms with Crippen LogP contribution in [0.2, 0.25) is 6.04 Å². The molecule has 3 aliphatic heterocycles. The predicted octanol–water partition coefficient (Wildman–Crippen LogP) is 1.54. The molecule has 23 heavy (non-hydrogen) atoms. The first-order valence-corrected chi connectivity index (χ1v) is 10.3. The molecule has 0 radical (unpaired) electrons. The highest BCUT2D eigenvalue weighted by Gasteiger charge is 2.61. The van der Waals surface area contributed by atoms with Gasteiger partial charge in [-0.15, -0.1) is 0 Å². The van der Waals surface area contributed by atoms with Gasteiger partial charge < -0.3 is 32.2 Å². The Morgan fingerprint density at radius 3 is 2.52 bits per heavy atom. The summed E-state index contributed by atoms with van der Waals surface area (Å²) in [6, 6.07) is 0.773. The molecule has 0 spiro atoms. The van der Waals surface area contributed by atoms with E-state index in [1.807, 2.05) is 0 Å². The molecule has 7 nitrogen and oxygen atoms in total. The number of rotatable bonds is 10. The highest BCUT2D eigenvalue weighted by atomic mass is 28.4. The summed E-state index contributed by atoms with van der Waals surface area (Å²) in [5, 5.41) is 0. The summed E-state index contributed by atoms with van der Waals surface area (Å²) in [4.78, 5) is 0. The average molecular weight is 348 g/mol. The van der Waals surface area contributed by atoms with Crippen molar-refractivity contribution >= 4 is 8.80 Å². The zero-order valence-electron chi connectivity index (χ0n) is 14.2. The van der Waals surface area contributed by atoms with Crippen molar-refractivity contribution in [2.75, 3.05) is 41.2 Å². The monoisotopic (exact) mass is 348 g/mol. The molecule has 3 aliphatic rings. The second-order valence-electron chi connectivity index (χ2n) is 6.43. The van der Waals surface area contributed by atoms with Crippen LogP contribution in [0.1, 0.15) is 25.7 Å². The van der Waals surface area contributed by atoms with Crippen LogP contribution < -0.4 is 0 Å². The third-order valence-corrected chi connectivity index (χ3v) is 7.64. The molecule has 4 unspecified atom stereocenters. The molecule has 4 atom stereocenters. The van der Waals surface area contributed by atoms with E-state index in [0.717, 1.165) is 38.3 Å². The standard InChI is InChI=1S/C15H28O7Si/c1-16-23(17-2,18-3)8-5-12(9-13-11-20-13)10-15-14(22-15)19-6-4-7-21-15/h12-14H,4-11H2,1-3H3. The Morgan fingerprint density at radius 2 is 1.87 bits per heavy atom. The Hall–Kier alpha value is -0.0631. The summed E-state index contributed by atoms with van der Waals surface area (Å²) < 4.78 is 39.3. The van der Waals surface area contributed by atoms with Gasteiger partial charge in [0.15, 0.2) is 0 Å². The summed E-state index contributed by atoms with van der Waals surface area (Å²) in [5.41, 5.74) is 0. The molecule has 0 aromatic rings. The Labute approximate surface area is 138 Å². The Bertz CT molecular complexity index is 380. The molecule has 0 aliphatic carbocycles. The van der Waals surface area contributed by atoms with Crippen molar-refractivity contribution in [3.63, 3.8) is 0 Å². The van der Waals surface area contributed by atoms with Gasteiger partial charge in [0.1, 0.15) is 0 Å². The number of ether oxygens (including phenoxy) is 4. The smallest absolute Gasteiger partial charge is 0.377 e. The third-order valence-electron chi connectivity index (χ3n) is 4.88. The Morgan fingerprint density at radius 1 is 1.13 bits per heavy atom. The number of hydrogen-bond acceptors (Lipinski definition) is 7. The van der Waals surface area contributed by atoms with Crippen LogP contribution in [0.25, 0.3) is 0 Å².